The van der Waals surface area contributed by atoms with Crippen LogP contribution in [-0.4, -0.2) is 56.0 Å². The number of alkyl halides is 3. The number of piperazine rings is 1. The van der Waals surface area contributed by atoms with Crippen molar-refractivity contribution >= 4 is 10.0 Å². The lowest BCUT2D eigenvalue weighted by molar-refractivity contribution is -0.146. The van der Waals surface area contributed by atoms with Gasteiger partial charge < -0.3 is 0 Å². The van der Waals surface area contributed by atoms with E-state index in [2.05, 4.69) is 11.0 Å². The molecular formula is C19H24F3N3O2S. The van der Waals surface area contributed by atoms with E-state index in [9.17, 15) is 26.9 Å². The van der Waals surface area contributed by atoms with Crippen molar-refractivity contribution in [3.63, 3.8) is 0 Å². The number of rotatable bonds is 5. The Labute approximate surface area is 163 Å². The molecule has 0 bridgehead atoms. The van der Waals surface area contributed by atoms with Gasteiger partial charge in [-0.25, -0.2) is 8.42 Å². The molecule has 2 fully saturated rings. The second-order valence-corrected chi connectivity index (χ2v) is 9.81. The number of nitriles is 1. The molecule has 0 radical (unpaired) electrons. The number of nitrogens with zero attached hydrogens (tertiary/aromatic N) is 3. The van der Waals surface area contributed by atoms with Crippen molar-refractivity contribution in [1.29, 1.82) is 5.26 Å². The molecule has 1 heterocycles. The Hall–Kier alpha value is -1.63. The molecule has 1 saturated carbocycles. The average molecular weight is 415 g/mol. The molecule has 2 atom stereocenters. The predicted octanol–water partition coefficient (Wildman–Crippen LogP) is 3.35. The van der Waals surface area contributed by atoms with Crippen molar-refractivity contribution in [2.75, 3.05) is 26.2 Å². The largest absolute Gasteiger partial charge is 0.395 e. The van der Waals surface area contributed by atoms with Gasteiger partial charge in [0.25, 0.3) is 0 Å². The highest BCUT2D eigenvalue weighted by Gasteiger charge is 2.46. The molecule has 0 spiro atoms. The zero-order valence-corrected chi connectivity index (χ0v) is 16.7. The Morgan fingerprint density at radius 1 is 1.25 bits per heavy atom. The second kappa shape index (κ2) is 7.32. The van der Waals surface area contributed by atoms with Crippen LogP contribution in [-0.2, 0) is 10.0 Å². The molecule has 0 amide bonds. The maximum atomic E-state index is 13.0. The number of hydrogen-bond acceptors (Lipinski definition) is 4. The van der Waals surface area contributed by atoms with Crippen molar-refractivity contribution in [3.8, 4) is 6.07 Å². The standard InChI is InChI=1S/C19H24F3N3O2S/c1-14-11-24(13-18(12-23)7-8-18)9-10-25(14)28(26,27)17-5-3-16(4-6-17)15(2)19(20,21)22/h3-6,14-15H,7-11,13H2,1-2H3. The predicted molar refractivity (Wildman–Crippen MR) is 98.0 cm³/mol. The van der Waals surface area contributed by atoms with Crippen molar-refractivity contribution < 1.29 is 21.6 Å². The highest BCUT2D eigenvalue weighted by molar-refractivity contribution is 7.89. The summed E-state index contributed by atoms with van der Waals surface area (Å²) in [6.07, 6.45) is -2.59. The summed E-state index contributed by atoms with van der Waals surface area (Å²) in [5.74, 6) is -1.65. The summed E-state index contributed by atoms with van der Waals surface area (Å²) in [7, 11) is -3.79. The zero-order chi connectivity index (χ0) is 20.7. The number of halogens is 3. The summed E-state index contributed by atoms with van der Waals surface area (Å²) in [6, 6.07) is 7.04. The zero-order valence-electron chi connectivity index (χ0n) is 15.9. The van der Waals surface area contributed by atoms with Gasteiger partial charge in [-0.05, 0) is 44.4 Å². The lowest BCUT2D eigenvalue weighted by Crippen LogP contribution is -2.54. The van der Waals surface area contributed by atoms with E-state index in [4.69, 9.17) is 0 Å². The van der Waals surface area contributed by atoms with Crippen LogP contribution in [0.1, 0.15) is 38.2 Å². The Morgan fingerprint density at radius 2 is 1.86 bits per heavy atom. The fraction of sp³-hybridized carbons (Fsp3) is 0.632. The Morgan fingerprint density at radius 3 is 2.32 bits per heavy atom. The molecule has 1 aliphatic heterocycles. The van der Waals surface area contributed by atoms with E-state index in [1.165, 1.54) is 28.6 Å². The topological polar surface area (TPSA) is 64.4 Å². The van der Waals surface area contributed by atoms with Crippen LogP contribution >= 0.6 is 0 Å². The van der Waals surface area contributed by atoms with Gasteiger partial charge in [0.15, 0.2) is 0 Å². The highest BCUT2D eigenvalue weighted by Crippen LogP contribution is 2.45. The lowest BCUT2D eigenvalue weighted by Gasteiger charge is -2.39. The van der Waals surface area contributed by atoms with Crippen molar-refractivity contribution in [2.24, 2.45) is 5.41 Å². The first kappa shape index (κ1) is 21.1. The van der Waals surface area contributed by atoms with E-state index in [1.807, 2.05) is 6.92 Å². The Bertz CT molecular complexity index is 858. The molecule has 3 rings (SSSR count). The van der Waals surface area contributed by atoms with Gasteiger partial charge in [0, 0.05) is 32.2 Å². The van der Waals surface area contributed by atoms with Crippen molar-refractivity contribution in [3.05, 3.63) is 29.8 Å². The van der Waals surface area contributed by atoms with Gasteiger partial charge in [-0.1, -0.05) is 12.1 Å². The minimum Gasteiger partial charge on any atom is -0.299 e. The number of hydrogen-bond donors (Lipinski definition) is 0. The molecule has 2 unspecified atom stereocenters. The van der Waals surface area contributed by atoms with Crippen LogP contribution in [0.5, 0.6) is 0 Å². The first-order valence-corrected chi connectivity index (χ1v) is 10.7. The third kappa shape index (κ3) is 4.19. The van der Waals surface area contributed by atoms with Crippen LogP contribution in [0.15, 0.2) is 29.2 Å². The monoisotopic (exact) mass is 415 g/mol. The van der Waals surface area contributed by atoms with Crippen LogP contribution in [0.3, 0.4) is 0 Å². The molecule has 0 aromatic heterocycles. The van der Waals surface area contributed by atoms with Gasteiger partial charge in [-0.2, -0.15) is 22.7 Å². The third-order valence-electron chi connectivity index (χ3n) is 5.75. The van der Waals surface area contributed by atoms with Crippen molar-refractivity contribution in [1.82, 2.24) is 9.21 Å². The van der Waals surface area contributed by atoms with E-state index in [0.717, 1.165) is 19.8 Å². The summed E-state index contributed by atoms with van der Waals surface area (Å²) in [6.45, 7) is 4.90. The summed E-state index contributed by atoms with van der Waals surface area (Å²) in [5, 5.41) is 9.24. The molecule has 1 aromatic carbocycles. The van der Waals surface area contributed by atoms with Gasteiger partial charge >= 0.3 is 6.18 Å². The van der Waals surface area contributed by atoms with Gasteiger partial charge in [0.05, 0.1) is 22.3 Å². The molecule has 5 nitrogen and oxygen atoms in total. The van der Waals surface area contributed by atoms with Crippen LogP contribution in [0, 0.1) is 16.7 Å². The van der Waals surface area contributed by atoms with E-state index in [0.29, 0.717) is 26.2 Å². The Kier molecular flexibility index (Phi) is 5.51. The molecule has 28 heavy (non-hydrogen) atoms. The van der Waals surface area contributed by atoms with Gasteiger partial charge in [0.1, 0.15) is 0 Å². The smallest absolute Gasteiger partial charge is 0.299 e. The van der Waals surface area contributed by atoms with E-state index in [-0.39, 0.29) is 21.9 Å². The normalized spacial score (nSPS) is 24.5. The SMILES string of the molecule is CC1CN(CC2(C#N)CC2)CCN1S(=O)(=O)c1ccc(C(C)C(F)(F)F)cc1. The number of benzene rings is 1. The van der Waals surface area contributed by atoms with Crippen LogP contribution < -0.4 is 0 Å². The number of sulfonamides is 1. The van der Waals surface area contributed by atoms with Crippen LogP contribution in [0.4, 0.5) is 13.2 Å². The van der Waals surface area contributed by atoms with Gasteiger partial charge in [-0.3, -0.25) is 4.90 Å². The quantitative estimate of drug-likeness (QED) is 0.740. The minimum absolute atomic E-state index is 0.00149. The fourth-order valence-electron chi connectivity index (χ4n) is 3.65. The Balaban J connectivity index is 1.70. The minimum atomic E-state index is -4.37. The molecular weight excluding hydrogens is 391 g/mol. The maximum absolute atomic E-state index is 13.0. The molecule has 9 heteroatoms. The van der Waals surface area contributed by atoms with E-state index < -0.39 is 22.1 Å². The first-order valence-electron chi connectivity index (χ1n) is 9.31. The summed E-state index contributed by atoms with van der Waals surface area (Å²) >= 11 is 0. The molecule has 1 aliphatic carbocycles. The maximum Gasteiger partial charge on any atom is 0.395 e. The molecule has 1 aromatic rings. The molecule has 154 valence electrons. The summed E-state index contributed by atoms with van der Waals surface area (Å²) < 4.78 is 65.9. The fourth-order valence-corrected chi connectivity index (χ4v) is 5.27. The average Bonchev–Trinajstić information content (AvgIpc) is 3.40. The van der Waals surface area contributed by atoms with E-state index >= 15 is 0 Å². The van der Waals surface area contributed by atoms with Crippen LogP contribution in [0.2, 0.25) is 0 Å². The van der Waals surface area contributed by atoms with Gasteiger partial charge in [0.2, 0.25) is 10.0 Å². The summed E-state index contributed by atoms with van der Waals surface area (Å²) in [5.41, 5.74) is -0.235. The molecule has 0 N–H and O–H groups in total. The first-order chi connectivity index (χ1) is 13.0. The van der Waals surface area contributed by atoms with Gasteiger partial charge in [-0.15, -0.1) is 0 Å². The van der Waals surface area contributed by atoms with Crippen molar-refractivity contribution in [2.45, 2.75) is 49.7 Å². The third-order valence-corrected chi connectivity index (χ3v) is 7.77. The molecule has 2 aliphatic rings. The second-order valence-electron chi connectivity index (χ2n) is 7.92. The van der Waals surface area contributed by atoms with E-state index in [1.54, 1.807) is 0 Å². The molecule has 1 saturated heterocycles. The summed E-state index contributed by atoms with van der Waals surface area (Å²) in [4.78, 5) is 2.13. The van der Waals surface area contributed by atoms with Crippen LogP contribution in [0.25, 0.3) is 0 Å². The highest BCUT2D eigenvalue weighted by atomic mass is 32.2. The lowest BCUT2D eigenvalue weighted by atomic mass is 10.0.